The van der Waals surface area contributed by atoms with Gasteiger partial charge in [0, 0.05) is 5.92 Å². The number of rotatable bonds is 1. The predicted molar refractivity (Wildman–Crippen MR) is 43.7 cm³/mol. The van der Waals surface area contributed by atoms with E-state index >= 15 is 0 Å². The van der Waals surface area contributed by atoms with Crippen molar-refractivity contribution in [1.82, 2.24) is 15.0 Å². The van der Waals surface area contributed by atoms with Gasteiger partial charge in [0.2, 0.25) is 5.82 Å². The Morgan fingerprint density at radius 1 is 1.07 bits per heavy atom. The Balaban J connectivity index is 3.21. The predicted octanol–water partition coefficient (Wildman–Crippen LogP) is 2.32. The topological polar surface area (TPSA) is 38.7 Å². The molecule has 0 fully saturated rings. The molecule has 78 valence electrons. The molecule has 0 atom stereocenters. The SMILES string of the molecule is Cc1nc(C(C)C)nc(C(F)(F)F)n1. The van der Waals surface area contributed by atoms with Crippen molar-refractivity contribution in [2.45, 2.75) is 32.9 Å². The van der Waals surface area contributed by atoms with Gasteiger partial charge in [-0.05, 0) is 6.92 Å². The second-order valence-corrected chi connectivity index (χ2v) is 3.22. The Labute approximate surface area is 79.4 Å². The van der Waals surface area contributed by atoms with Crippen molar-refractivity contribution in [3.8, 4) is 0 Å². The lowest BCUT2D eigenvalue weighted by Crippen LogP contribution is -2.15. The Kier molecular flexibility index (Phi) is 2.73. The quantitative estimate of drug-likeness (QED) is 0.706. The van der Waals surface area contributed by atoms with Crippen molar-refractivity contribution in [1.29, 1.82) is 0 Å². The largest absolute Gasteiger partial charge is 0.451 e. The molecule has 3 nitrogen and oxygen atoms in total. The van der Waals surface area contributed by atoms with Gasteiger partial charge < -0.3 is 0 Å². The van der Waals surface area contributed by atoms with E-state index in [4.69, 9.17) is 0 Å². The number of nitrogens with zero attached hydrogens (tertiary/aromatic N) is 3. The summed E-state index contributed by atoms with van der Waals surface area (Å²) in [6, 6.07) is 0. The maximum Gasteiger partial charge on any atom is 0.451 e. The third kappa shape index (κ3) is 2.40. The highest BCUT2D eigenvalue weighted by atomic mass is 19.4. The van der Waals surface area contributed by atoms with Gasteiger partial charge >= 0.3 is 6.18 Å². The summed E-state index contributed by atoms with van der Waals surface area (Å²) in [5.74, 6) is -0.993. The first-order chi connectivity index (χ1) is 6.30. The zero-order chi connectivity index (χ0) is 10.9. The number of alkyl halides is 3. The minimum Gasteiger partial charge on any atom is -0.218 e. The summed E-state index contributed by atoms with van der Waals surface area (Å²) in [4.78, 5) is 10.4. The molecule has 1 aromatic heterocycles. The van der Waals surface area contributed by atoms with Crippen LogP contribution in [0, 0.1) is 6.92 Å². The van der Waals surface area contributed by atoms with Crippen LogP contribution in [0.1, 0.15) is 37.2 Å². The molecule has 0 radical (unpaired) electrons. The van der Waals surface area contributed by atoms with E-state index in [1.807, 2.05) is 0 Å². The van der Waals surface area contributed by atoms with E-state index in [2.05, 4.69) is 15.0 Å². The van der Waals surface area contributed by atoms with E-state index in [1.54, 1.807) is 13.8 Å². The number of halogens is 3. The van der Waals surface area contributed by atoms with Crippen LogP contribution in [-0.4, -0.2) is 15.0 Å². The molecule has 0 bridgehead atoms. The molecule has 0 saturated heterocycles. The van der Waals surface area contributed by atoms with Gasteiger partial charge in [-0.2, -0.15) is 13.2 Å². The molecule has 14 heavy (non-hydrogen) atoms. The molecule has 6 heteroatoms. The smallest absolute Gasteiger partial charge is 0.218 e. The number of aromatic nitrogens is 3. The van der Waals surface area contributed by atoms with Crippen LogP contribution in [0.15, 0.2) is 0 Å². The molecule has 0 aliphatic heterocycles. The van der Waals surface area contributed by atoms with E-state index < -0.39 is 12.0 Å². The summed E-state index contributed by atoms with van der Waals surface area (Å²) in [7, 11) is 0. The molecule has 1 aromatic rings. The minimum atomic E-state index is -4.50. The fourth-order valence-electron chi connectivity index (χ4n) is 0.888. The average Bonchev–Trinajstić information content (AvgIpc) is 2.01. The number of hydrogen-bond donors (Lipinski definition) is 0. The lowest BCUT2D eigenvalue weighted by Gasteiger charge is -2.09. The molecule has 0 saturated carbocycles. The molecule has 0 aromatic carbocycles. The van der Waals surface area contributed by atoms with Gasteiger partial charge in [-0.3, -0.25) is 0 Å². The second kappa shape index (κ2) is 3.51. The lowest BCUT2D eigenvalue weighted by atomic mass is 10.2. The Bertz CT molecular complexity index is 333. The van der Waals surface area contributed by atoms with Crippen LogP contribution in [0.4, 0.5) is 13.2 Å². The van der Waals surface area contributed by atoms with Gasteiger partial charge in [0.25, 0.3) is 0 Å². The summed E-state index contributed by atoms with van der Waals surface area (Å²) in [5, 5.41) is 0. The molecule has 0 spiro atoms. The highest BCUT2D eigenvalue weighted by Gasteiger charge is 2.35. The first-order valence-corrected chi connectivity index (χ1v) is 4.10. The van der Waals surface area contributed by atoms with Gasteiger partial charge in [-0.25, -0.2) is 15.0 Å². The summed E-state index contributed by atoms with van der Waals surface area (Å²) >= 11 is 0. The van der Waals surface area contributed by atoms with Crippen molar-refractivity contribution in [3.05, 3.63) is 17.5 Å². The fourth-order valence-corrected chi connectivity index (χ4v) is 0.888. The van der Waals surface area contributed by atoms with Crippen LogP contribution in [0.3, 0.4) is 0 Å². The third-order valence-corrected chi connectivity index (χ3v) is 1.53. The average molecular weight is 205 g/mol. The summed E-state index contributed by atoms with van der Waals surface area (Å²) in [5.41, 5.74) is 0. The first kappa shape index (κ1) is 10.9. The van der Waals surface area contributed by atoms with Gasteiger partial charge in [-0.15, -0.1) is 0 Å². The highest BCUT2D eigenvalue weighted by Crippen LogP contribution is 2.26. The number of hydrogen-bond acceptors (Lipinski definition) is 3. The second-order valence-electron chi connectivity index (χ2n) is 3.22. The zero-order valence-electron chi connectivity index (χ0n) is 8.05. The normalized spacial score (nSPS) is 12.2. The molecule has 0 unspecified atom stereocenters. The van der Waals surface area contributed by atoms with Gasteiger partial charge in [0.1, 0.15) is 11.6 Å². The molecule has 0 aliphatic carbocycles. The zero-order valence-corrected chi connectivity index (χ0v) is 8.05. The minimum absolute atomic E-state index is 0.0935. The van der Waals surface area contributed by atoms with E-state index in [-0.39, 0.29) is 17.6 Å². The van der Waals surface area contributed by atoms with Crippen LogP contribution in [0.5, 0.6) is 0 Å². The number of aryl methyl sites for hydroxylation is 1. The van der Waals surface area contributed by atoms with Gasteiger partial charge in [0.05, 0.1) is 0 Å². The Morgan fingerprint density at radius 3 is 2.07 bits per heavy atom. The lowest BCUT2D eigenvalue weighted by molar-refractivity contribution is -0.145. The molecular weight excluding hydrogens is 195 g/mol. The molecule has 0 amide bonds. The fraction of sp³-hybridized carbons (Fsp3) is 0.625. The third-order valence-electron chi connectivity index (χ3n) is 1.53. The van der Waals surface area contributed by atoms with Crippen LogP contribution in [-0.2, 0) is 6.18 Å². The molecule has 0 aliphatic rings. The summed E-state index contributed by atoms with van der Waals surface area (Å²) in [6.07, 6.45) is -4.50. The Morgan fingerprint density at radius 2 is 1.64 bits per heavy atom. The van der Waals surface area contributed by atoms with Crippen molar-refractivity contribution < 1.29 is 13.2 Å². The van der Waals surface area contributed by atoms with Crippen molar-refractivity contribution in [2.75, 3.05) is 0 Å². The highest BCUT2D eigenvalue weighted by molar-refractivity contribution is 5.02. The van der Waals surface area contributed by atoms with Crippen molar-refractivity contribution in [2.24, 2.45) is 0 Å². The van der Waals surface area contributed by atoms with Crippen LogP contribution in [0.25, 0.3) is 0 Å². The van der Waals surface area contributed by atoms with Gasteiger partial charge in [0.15, 0.2) is 0 Å². The van der Waals surface area contributed by atoms with Crippen LogP contribution >= 0.6 is 0 Å². The maximum absolute atomic E-state index is 12.3. The van der Waals surface area contributed by atoms with E-state index in [1.165, 1.54) is 6.92 Å². The van der Waals surface area contributed by atoms with E-state index in [0.717, 1.165) is 0 Å². The summed E-state index contributed by atoms with van der Waals surface area (Å²) < 4.78 is 36.8. The van der Waals surface area contributed by atoms with Crippen LogP contribution < -0.4 is 0 Å². The molecule has 1 heterocycles. The summed E-state index contributed by atoms with van der Waals surface area (Å²) in [6.45, 7) is 4.88. The van der Waals surface area contributed by atoms with Gasteiger partial charge in [-0.1, -0.05) is 13.8 Å². The van der Waals surface area contributed by atoms with Crippen molar-refractivity contribution in [3.63, 3.8) is 0 Å². The molecular formula is C8H10F3N3. The van der Waals surface area contributed by atoms with E-state index in [0.29, 0.717) is 0 Å². The Hall–Kier alpha value is -1.20. The maximum atomic E-state index is 12.3. The monoisotopic (exact) mass is 205 g/mol. The first-order valence-electron chi connectivity index (χ1n) is 4.10. The van der Waals surface area contributed by atoms with E-state index in [9.17, 15) is 13.2 Å². The molecule has 0 N–H and O–H groups in total. The van der Waals surface area contributed by atoms with Crippen LogP contribution in [0.2, 0.25) is 0 Å². The molecule has 1 rings (SSSR count). The van der Waals surface area contributed by atoms with Crippen molar-refractivity contribution >= 4 is 0 Å². The standard InChI is InChI=1S/C8H10F3N3/c1-4(2)6-12-5(3)13-7(14-6)8(9,10)11/h4H,1-3H3.